The fourth-order valence-corrected chi connectivity index (χ4v) is 3.42. The first kappa shape index (κ1) is 25.4. The van der Waals surface area contributed by atoms with E-state index < -0.39 is 6.04 Å². The zero-order valence-electron chi connectivity index (χ0n) is 17.0. The molecule has 1 amide bonds. The topological polar surface area (TPSA) is 67.2 Å². The minimum atomic E-state index is -0.423. The predicted molar refractivity (Wildman–Crippen MR) is 125 cm³/mol. The molecule has 160 valence electrons. The van der Waals surface area contributed by atoms with Crippen LogP contribution in [-0.4, -0.2) is 24.5 Å². The molecule has 0 aromatic heterocycles. The molecule has 0 radical (unpaired) electrons. The maximum Gasteiger partial charge on any atom is 0.237 e. The third kappa shape index (κ3) is 8.35. The van der Waals surface area contributed by atoms with Gasteiger partial charge in [0.25, 0.3) is 0 Å². The maximum absolute atomic E-state index is 12.1. The molecule has 0 bridgehead atoms. The number of hydrogen-bond donors (Lipinski definition) is 3. The van der Waals surface area contributed by atoms with Gasteiger partial charge in [0.05, 0.1) is 6.04 Å². The van der Waals surface area contributed by atoms with Crippen molar-refractivity contribution in [3.63, 3.8) is 0 Å². The largest absolute Gasteiger partial charge is 0.351 e. The Bertz CT molecular complexity index is 725. The molecular weight excluding hydrogens is 405 g/mol. The van der Waals surface area contributed by atoms with E-state index in [2.05, 4.69) is 60.0 Å². The molecular formula is C23H33Cl2N3O. The van der Waals surface area contributed by atoms with Crippen LogP contribution in [0.2, 0.25) is 0 Å². The monoisotopic (exact) mass is 437 g/mol. The highest BCUT2D eigenvalue weighted by Gasteiger charge is 2.37. The van der Waals surface area contributed by atoms with E-state index in [0.717, 1.165) is 31.4 Å². The van der Waals surface area contributed by atoms with Crippen molar-refractivity contribution in [3.8, 4) is 0 Å². The van der Waals surface area contributed by atoms with Crippen molar-refractivity contribution >= 4 is 30.7 Å². The number of hydrogen-bond acceptors (Lipinski definition) is 3. The Hall–Kier alpha value is -1.59. The Labute approximate surface area is 186 Å². The number of unbranched alkanes of at least 4 members (excludes halogenated alkanes) is 1. The van der Waals surface area contributed by atoms with Gasteiger partial charge in [-0.2, -0.15) is 0 Å². The molecule has 4 nitrogen and oxygen atoms in total. The Kier molecular flexibility index (Phi) is 11.3. The van der Waals surface area contributed by atoms with E-state index in [0.29, 0.717) is 18.5 Å². The molecule has 2 aromatic carbocycles. The Balaban J connectivity index is 0.00000210. The number of rotatable bonds is 10. The highest BCUT2D eigenvalue weighted by molar-refractivity contribution is 5.85. The molecule has 1 saturated carbocycles. The summed E-state index contributed by atoms with van der Waals surface area (Å²) in [4.78, 5) is 12.1. The summed E-state index contributed by atoms with van der Waals surface area (Å²) in [5.74, 6) is 0.607. The molecule has 6 heteroatoms. The summed E-state index contributed by atoms with van der Waals surface area (Å²) in [7, 11) is 0. The summed E-state index contributed by atoms with van der Waals surface area (Å²) in [6, 6.07) is 19.1. The van der Waals surface area contributed by atoms with Crippen LogP contribution in [0.25, 0.3) is 0 Å². The van der Waals surface area contributed by atoms with Crippen molar-refractivity contribution in [2.75, 3.05) is 6.54 Å². The van der Waals surface area contributed by atoms with Crippen LogP contribution < -0.4 is 16.4 Å². The first-order valence-corrected chi connectivity index (χ1v) is 10.0. The third-order valence-corrected chi connectivity index (χ3v) is 5.29. The first-order chi connectivity index (χ1) is 13.1. The minimum Gasteiger partial charge on any atom is -0.351 e. The summed E-state index contributed by atoms with van der Waals surface area (Å²) < 4.78 is 0. The van der Waals surface area contributed by atoms with E-state index in [1.165, 1.54) is 17.5 Å². The number of halogens is 2. The van der Waals surface area contributed by atoms with Crippen molar-refractivity contribution in [1.29, 1.82) is 0 Å². The fourth-order valence-electron chi connectivity index (χ4n) is 3.42. The van der Waals surface area contributed by atoms with Gasteiger partial charge in [-0.1, -0.05) is 66.6 Å². The van der Waals surface area contributed by atoms with Crippen LogP contribution in [0.1, 0.15) is 48.3 Å². The number of carbonyl (C=O) groups is 1. The van der Waals surface area contributed by atoms with E-state index in [-0.39, 0.29) is 30.7 Å². The quantitative estimate of drug-likeness (QED) is 0.490. The summed E-state index contributed by atoms with van der Waals surface area (Å²) in [6.45, 7) is 3.58. The van der Waals surface area contributed by atoms with Gasteiger partial charge in [-0.25, -0.2) is 0 Å². The van der Waals surface area contributed by atoms with Gasteiger partial charge in [0.15, 0.2) is 0 Å². The van der Waals surface area contributed by atoms with Crippen LogP contribution in [0.4, 0.5) is 0 Å². The molecule has 0 spiro atoms. The number of benzene rings is 2. The van der Waals surface area contributed by atoms with Gasteiger partial charge < -0.3 is 16.4 Å². The second-order valence-electron chi connectivity index (χ2n) is 7.62. The van der Waals surface area contributed by atoms with E-state index in [1.807, 2.05) is 12.1 Å². The Morgan fingerprint density at radius 2 is 1.76 bits per heavy atom. The average Bonchev–Trinajstić information content (AvgIpc) is 3.47. The normalized spacial score (nSPS) is 18.1. The van der Waals surface area contributed by atoms with Gasteiger partial charge in [-0.05, 0) is 43.9 Å². The summed E-state index contributed by atoms with van der Waals surface area (Å²) >= 11 is 0. The summed E-state index contributed by atoms with van der Waals surface area (Å²) in [5.41, 5.74) is 9.78. The molecule has 3 atom stereocenters. The van der Waals surface area contributed by atoms with Gasteiger partial charge in [-0.15, -0.1) is 24.8 Å². The molecule has 1 fully saturated rings. The molecule has 2 aromatic rings. The standard InChI is InChI=1S/C23H31N3O.2ClH/c1-17-10-12-18(13-11-17)16-26-23(27)21(24)9-5-6-14-25-22-15-20(22)19-7-3-2-4-8-19;;/h2-4,7-8,10-13,20-22,25H,5-6,9,14-16,24H2,1H3,(H,26,27);2*1H/t20-,21?,22+;;/m0../s1. The third-order valence-electron chi connectivity index (χ3n) is 5.29. The van der Waals surface area contributed by atoms with Gasteiger partial charge >= 0.3 is 0 Å². The molecule has 29 heavy (non-hydrogen) atoms. The maximum atomic E-state index is 12.1. The molecule has 1 unspecified atom stereocenters. The van der Waals surface area contributed by atoms with Crippen LogP contribution in [0.5, 0.6) is 0 Å². The SMILES string of the molecule is Cc1ccc(CNC(=O)C(N)CCCCN[C@@H]2C[C@H]2c2ccccc2)cc1.Cl.Cl. The first-order valence-electron chi connectivity index (χ1n) is 10.0. The predicted octanol–water partition coefficient (Wildman–Crippen LogP) is 4.10. The Morgan fingerprint density at radius 3 is 2.45 bits per heavy atom. The van der Waals surface area contributed by atoms with Crippen molar-refractivity contribution in [3.05, 3.63) is 71.3 Å². The zero-order valence-corrected chi connectivity index (χ0v) is 18.6. The Morgan fingerprint density at radius 1 is 1.07 bits per heavy atom. The number of nitrogens with one attached hydrogen (secondary N) is 2. The van der Waals surface area contributed by atoms with E-state index in [9.17, 15) is 4.79 Å². The molecule has 0 saturated heterocycles. The average molecular weight is 438 g/mol. The number of carbonyl (C=O) groups excluding carboxylic acids is 1. The van der Waals surface area contributed by atoms with Crippen molar-refractivity contribution in [2.45, 2.75) is 57.2 Å². The zero-order chi connectivity index (χ0) is 19.1. The number of amides is 1. The van der Waals surface area contributed by atoms with Crippen LogP contribution >= 0.6 is 24.8 Å². The van der Waals surface area contributed by atoms with Crippen LogP contribution in [0, 0.1) is 6.92 Å². The van der Waals surface area contributed by atoms with Gasteiger partial charge in [0.1, 0.15) is 0 Å². The summed E-state index contributed by atoms with van der Waals surface area (Å²) in [6.07, 6.45) is 3.98. The molecule has 1 aliphatic rings. The van der Waals surface area contributed by atoms with E-state index >= 15 is 0 Å². The van der Waals surface area contributed by atoms with Crippen LogP contribution in [0.3, 0.4) is 0 Å². The lowest BCUT2D eigenvalue weighted by Gasteiger charge is -2.12. The highest BCUT2D eigenvalue weighted by Crippen LogP contribution is 2.40. The second kappa shape index (κ2) is 12.9. The number of nitrogens with two attached hydrogens (primary N) is 1. The molecule has 4 N–H and O–H groups in total. The van der Waals surface area contributed by atoms with Crippen LogP contribution in [-0.2, 0) is 11.3 Å². The second-order valence-corrected chi connectivity index (χ2v) is 7.62. The lowest BCUT2D eigenvalue weighted by atomic mass is 10.1. The van der Waals surface area contributed by atoms with Gasteiger partial charge in [0, 0.05) is 18.5 Å². The molecule has 0 aliphatic heterocycles. The molecule has 3 rings (SSSR count). The van der Waals surface area contributed by atoms with Crippen LogP contribution in [0.15, 0.2) is 54.6 Å². The molecule has 1 aliphatic carbocycles. The smallest absolute Gasteiger partial charge is 0.237 e. The van der Waals surface area contributed by atoms with Crippen molar-refractivity contribution in [2.24, 2.45) is 5.73 Å². The molecule has 0 heterocycles. The fraction of sp³-hybridized carbons (Fsp3) is 0.435. The highest BCUT2D eigenvalue weighted by atomic mass is 35.5. The lowest BCUT2D eigenvalue weighted by molar-refractivity contribution is -0.122. The van der Waals surface area contributed by atoms with Gasteiger partial charge in [0.2, 0.25) is 5.91 Å². The summed E-state index contributed by atoms with van der Waals surface area (Å²) in [5, 5.41) is 6.55. The van der Waals surface area contributed by atoms with E-state index in [4.69, 9.17) is 5.73 Å². The van der Waals surface area contributed by atoms with E-state index in [1.54, 1.807) is 0 Å². The minimum absolute atomic E-state index is 0. The lowest BCUT2D eigenvalue weighted by Crippen LogP contribution is -2.40. The van der Waals surface area contributed by atoms with Crippen molar-refractivity contribution in [1.82, 2.24) is 10.6 Å². The number of aryl methyl sites for hydroxylation is 1. The van der Waals surface area contributed by atoms with Crippen molar-refractivity contribution < 1.29 is 4.79 Å². The van der Waals surface area contributed by atoms with Gasteiger partial charge in [-0.3, -0.25) is 4.79 Å².